The van der Waals surface area contributed by atoms with Gasteiger partial charge in [-0.1, -0.05) is 0 Å². The zero-order valence-corrected chi connectivity index (χ0v) is 7.47. The van der Waals surface area contributed by atoms with Gasteiger partial charge < -0.3 is 11.5 Å². The fourth-order valence-electron chi connectivity index (χ4n) is 0.971. The Hall–Kier alpha value is -1.30. The van der Waals surface area contributed by atoms with E-state index in [1.807, 2.05) is 0 Å². The Morgan fingerprint density at radius 3 is 2.36 bits per heavy atom. The standard InChI is InChI=1S/C8H10F3N3/c1-4(12)6-2-5(8(9,10)11)3-7(13)14-6/h2-4H,12H2,1H3,(H2,13,14)/t4-/m1/s1. The summed E-state index contributed by atoms with van der Waals surface area (Å²) in [6, 6.07) is 1.12. The van der Waals surface area contributed by atoms with E-state index >= 15 is 0 Å². The van der Waals surface area contributed by atoms with Gasteiger partial charge in [0, 0.05) is 6.04 Å². The van der Waals surface area contributed by atoms with E-state index in [0.29, 0.717) is 0 Å². The van der Waals surface area contributed by atoms with E-state index in [9.17, 15) is 13.2 Å². The van der Waals surface area contributed by atoms with E-state index in [0.717, 1.165) is 12.1 Å². The SMILES string of the molecule is C[C@@H](N)c1cc(C(F)(F)F)cc(N)n1. The first-order valence-electron chi connectivity index (χ1n) is 3.91. The van der Waals surface area contributed by atoms with Crippen LogP contribution in [-0.2, 0) is 6.18 Å². The average Bonchev–Trinajstić information content (AvgIpc) is 2.01. The predicted octanol–water partition coefficient (Wildman–Crippen LogP) is 1.70. The average molecular weight is 205 g/mol. The Balaban J connectivity index is 3.21. The van der Waals surface area contributed by atoms with Crippen LogP contribution in [0.25, 0.3) is 0 Å². The number of hydrogen-bond acceptors (Lipinski definition) is 3. The van der Waals surface area contributed by atoms with Gasteiger partial charge in [0.1, 0.15) is 5.82 Å². The van der Waals surface area contributed by atoms with Crippen LogP contribution in [0, 0.1) is 0 Å². The molecule has 1 atom stereocenters. The number of rotatable bonds is 1. The van der Waals surface area contributed by atoms with Gasteiger partial charge in [0.05, 0.1) is 11.3 Å². The van der Waals surface area contributed by atoms with Gasteiger partial charge in [-0.25, -0.2) is 4.98 Å². The first-order chi connectivity index (χ1) is 6.30. The van der Waals surface area contributed by atoms with Crippen LogP contribution < -0.4 is 11.5 Å². The van der Waals surface area contributed by atoms with E-state index < -0.39 is 17.8 Å². The van der Waals surface area contributed by atoms with Crippen molar-refractivity contribution in [3.05, 3.63) is 23.4 Å². The van der Waals surface area contributed by atoms with Gasteiger partial charge in [-0.15, -0.1) is 0 Å². The van der Waals surface area contributed by atoms with Crippen LogP contribution in [0.5, 0.6) is 0 Å². The molecule has 1 heterocycles. The van der Waals surface area contributed by atoms with Crippen molar-refractivity contribution in [2.45, 2.75) is 19.1 Å². The summed E-state index contributed by atoms with van der Waals surface area (Å²) in [6.45, 7) is 1.54. The second-order valence-corrected chi connectivity index (χ2v) is 2.99. The molecular formula is C8H10F3N3. The lowest BCUT2D eigenvalue weighted by Gasteiger charge is -2.11. The highest BCUT2D eigenvalue weighted by molar-refractivity contribution is 5.37. The number of hydrogen-bond donors (Lipinski definition) is 2. The summed E-state index contributed by atoms with van der Waals surface area (Å²) in [4.78, 5) is 3.70. The number of nitrogens with zero attached hydrogens (tertiary/aromatic N) is 1. The third-order valence-electron chi connectivity index (χ3n) is 1.66. The molecule has 0 radical (unpaired) electrons. The Morgan fingerprint density at radius 2 is 1.93 bits per heavy atom. The second-order valence-electron chi connectivity index (χ2n) is 2.99. The van der Waals surface area contributed by atoms with Gasteiger partial charge in [0.25, 0.3) is 0 Å². The summed E-state index contributed by atoms with van der Waals surface area (Å²) in [5, 5.41) is 0. The highest BCUT2D eigenvalue weighted by Gasteiger charge is 2.31. The molecular weight excluding hydrogens is 195 g/mol. The van der Waals surface area contributed by atoms with Gasteiger partial charge in [-0.05, 0) is 19.1 Å². The topological polar surface area (TPSA) is 64.9 Å². The summed E-state index contributed by atoms with van der Waals surface area (Å²) < 4.78 is 36.9. The number of nitrogen functional groups attached to an aromatic ring is 1. The fourth-order valence-corrected chi connectivity index (χ4v) is 0.971. The maximum atomic E-state index is 12.3. The number of halogens is 3. The molecule has 6 heteroatoms. The summed E-state index contributed by atoms with van der Waals surface area (Å²) >= 11 is 0. The van der Waals surface area contributed by atoms with Crippen molar-refractivity contribution in [3.63, 3.8) is 0 Å². The van der Waals surface area contributed by atoms with E-state index in [-0.39, 0.29) is 11.5 Å². The lowest BCUT2D eigenvalue weighted by molar-refractivity contribution is -0.137. The summed E-state index contributed by atoms with van der Waals surface area (Å²) in [5.41, 5.74) is 9.95. The number of pyridine rings is 1. The van der Waals surface area contributed by atoms with Gasteiger partial charge in [0.2, 0.25) is 0 Å². The van der Waals surface area contributed by atoms with Gasteiger partial charge in [0.15, 0.2) is 0 Å². The molecule has 0 saturated carbocycles. The van der Waals surface area contributed by atoms with Crippen LogP contribution >= 0.6 is 0 Å². The van der Waals surface area contributed by atoms with Crippen molar-refractivity contribution in [1.29, 1.82) is 0 Å². The van der Waals surface area contributed by atoms with E-state index in [1.54, 1.807) is 6.92 Å². The van der Waals surface area contributed by atoms with Crippen LogP contribution in [0.2, 0.25) is 0 Å². The smallest absolute Gasteiger partial charge is 0.384 e. The first kappa shape index (κ1) is 10.8. The zero-order chi connectivity index (χ0) is 10.9. The number of anilines is 1. The molecule has 0 aromatic carbocycles. The molecule has 1 rings (SSSR count). The maximum Gasteiger partial charge on any atom is 0.416 e. The van der Waals surface area contributed by atoms with Crippen molar-refractivity contribution in [3.8, 4) is 0 Å². The third-order valence-corrected chi connectivity index (χ3v) is 1.66. The Kier molecular flexibility index (Phi) is 2.66. The van der Waals surface area contributed by atoms with Crippen LogP contribution in [0.15, 0.2) is 12.1 Å². The first-order valence-corrected chi connectivity index (χ1v) is 3.91. The Morgan fingerprint density at radius 1 is 1.36 bits per heavy atom. The molecule has 0 bridgehead atoms. The molecule has 0 unspecified atom stereocenters. The highest BCUT2D eigenvalue weighted by Crippen LogP contribution is 2.31. The molecule has 0 amide bonds. The molecule has 0 aliphatic rings. The maximum absolute atomic E-state index is 12.3. The van der Waals surface area contributed by atoms with Crippen molar-refractivity contribution in [1.82, 2.24) is 4.98 Å². The molecule has 1 aromatic heterocycles. The third kappa shape index (κ3) is 2.35. The minimum absolute atomic E-state index is 0.136. The quantitative estimate of drug-likeness (QED) is 0.733. The van der Waals surface area contributed by atoms with Crippen LogP contribution in [0.4, 0.5) is 19.0 Å². The van der Waals surface area contributed by atoms with Gasteiger partial charge in [-0.3, -0.25) is 0 Å². The Labute approximate surface area is 78.9 Å². The molecule has 0 spiro atoms. The molecule has 0 saturated heterocycles. The predicted molar refractivity (Wildman–Crippen MR) is 46.3 cm³/mol. The van der Waals surface area contributed by atoms with Crippen LogP contribution in [-0.4, -0.2) is 4.98 Å². The summed E-state index contributed by atoms with van der Waals surface area (Å²) in [6.07, 6.45) is -4.42. The van der Waals surface area contributed by atoms with Crippen molar-refractivity contribution in [2.24, 2.45) is 5.73 Å². The molecule has 3 nitrogen and oxygen atoms in total. The highest BCUT2D eigenvalue weighted by atomic mass is 19.4. The van der Waals surface area contributed by atoms with Crippen molar-refractivity contribution < 1.29 is 13.2 Å². The summed E-state index contributed by atoms with van der Waals surface area (Å²) in [5.74, 6) is -0.174. The number of nitrogens with two attached hydrogens (primary N) is 2. The minimum Gasteiger partial charge on any atom is -0.384 e. The van der Waals surface area contributed by atoms with E-state index in [4.69, 9.17) is 11.5 Å². The van der Waals surface area contributed by atoms with Gasteiger partial charge >= 0.3 is 6.18 Å². The Bertz CT molecular complexity index is 333. The molecule has 0 fully saturated rings. The number of alkyl halides is 3. The molecule has 0 aliphatic carbocycles. The lowest BCUT2D eigenvalue weighted by atomic mass is 10.1. The van der Waals surface area contributed by atoms with Crippen molar-refractivity contribution >= 4 is 5.82 Å². The largest absolute Gasteiger partial charge is 0.416 e. The summed E-state index contributed by atoms with van der Waals surface area (Å²) in [7, 11) is 0. The number of aromatic nitrogens is 1. The minimum atomic E-state index is -4.42. The van der Waals surface area contributed by atoms with Crippen molar-refractivity contribution in [2.75, 3.05) is 5.73 Å². The monoisotopic (exact) mass is 205 g/mol. The lowest BCUT2D eigenvalue weighted by Crippen LogP contribution is -2.13. The van der Waals surface area contributed by atoms with E-state index in [1.165, 1.54) is 0 Å². The van der Waals surface area contributed by atoms with E-state index in [2.05, 4.69) is 4.98 Å². The fraction of sp³-hybridized carbons (Fsp3) is 0.375. The van der Waals surface area contributed by atoms with Crippen LogP contribution in [0.3, 0.4) is 0 Å². The zero-order valence-electron chi connectivity index (χ0n) is 7.47. The molecule has 0 aliphatic heterocycles. The molecule has 4 N–H and O–H groups in total. The van der Waals surface area contributed by atoms with Gasteiger partial charge in [-0.2, -0.15) is 13.2 Å². The molecule has 1 aromatic rings. The van der Waals surface area contributed by atoms with Crippen LogP contribution in [0.1, 0.15) is 24.2 Å². The molecule has 14 heavy (non-hydrogen) atoms. The normalized spacial score (nSPS) is 14.1. The second kappa shape index (κ2) is 3.45. The molecule has 78 valence electrons.